The summed E-state index contributed by atoms with van der Waals surface area (Å²) >= 11 is 9.00. The van der Waals surface area contributed by atoms with Crippen LogP contribution < -0.4 is 10.1 Å². The normalized spacial score (nSPS) is 10.3. The minimum Gasteiger partial charge on any atom is -0.496 e. The third-order valence-corrected chi connectivity index (χ3v) is 4.05. The predicted molar refractivity (Wildman–Crippen MR) is 89.8 cm³/mol. The highest BCUT2D eigenvalue weighted by Gasteiger charge is 2.23. The smallest absolute Gasteiger partial charge is 0.221 e. The van der Waals surface area contributed by atoms with Gasteiger partial charge in [0.25, 0.3) is 0 Å². The van der Waals surface area contributed by atoms with Crippen molar-refractivity contribution in [3.05, 3.63) is 56.8 Å². The van der Waals surface area contributed by atoms with Gasteiger partial charge in [0.2, 0.25) is 5.91 Å². The summed E-state index contributed by atoms with van der Waals surface area (Å²) in [6.45, 7) is 1.30. The molecule has 0 heterocycles. The number of benzene rings is 2. The van der Waals surface area contributed by atoms with E-state index in [-0.39, 0.29) is 27.2 Å². The van der Waals surface area contributed by atoms with Crippen molar-refractivity contribution in [2.45, 2.75) is 6.92 Å². The van der Waals surface area contributed by atoms with Crippen molar-refractivity contribution >= 4 is 44.9 Å². The number of methoxy groups -OCH3 is 1. The summed E-state index contributed by atoms with van der Waals surface area (Å²) in [7, 11) is 1.41. The molecule has 23 heavy (non-hydrogen) atoms. The maximum absolute atomic E-state index is 13.9. The third kappa shape index (κ3) is 3.71. The van der Waals surface area contributed by atoms with Gasteiger partial charge in [-0.3, -0.25) is 9.59 Å². The zero-order valence-electron chi connectivity index (χ0n) is 12.2. The third-order valence-electron chi connectivity index (χ3n) is 3.04. The molecule has 1 N–H and O–H groups in total. The number of ether oxygens (including phenoxy) is 1. The maximum atomic E-state index is 13.9. The minimum atomic E-state index is -0.622. The van der Waals surface area contributed by atoms with Crippen LogP contribution in [0.1, 0.15) is 22.8 Å². The van der Waals surface area contributed by atoms with Gasteiger partial charge in [-0.05, 0) is 46.3 Å². The largest absolute Gasteiger partial charge is 0.496 e. The van der Waals surface area contributed by atoms with Crippen LogP contribution >= 0.6 is 27.5 Å². The molecule has 0 radical (unpaired) electrons. The summed E-state index contributed by atoms with van der Waals surface area (Å²) < 4.78 is 19.0. The summed E-state index contributed by atoms with van der Waals surface area (Å²) in [6, 6.07) is 7.03. The summed E-state index contributed by atoms with van der Waals surface area (Å²) in [5.74, 6) is -1.23. The molecule has 4 nitrogen and oxygen atoms in total. The number of anilines is 1. The van der Waals surface area contributed by atoms with Gasteiger partial charge in [-0.1, -0.05) is 11.6 Å². The molecule has 0 unspecified atom stereocenters. The molecule has 2 rings (SSSR count). The van der Waals surface area contributed by atoms with E-state index in [9.17, 15) is 14.0 Å². The lowest BCUT2D eigenvalue weighted by molar-refractivity contribution is -0.114. The first kappa shape index (κ1) is 17.4. The SMILES string of the molecule is COc1ccc(Cl)cc1C(=O)c1c(NC(C)=O)ccc(F)c1Br. The van der Waals surface area contributed by atoms with Gasteiger partial charge in [0.15, 0.2) is 5.78 Å². The Hall–Kier alpha value is -1.92. The number of carbonyl (C=O) groups is 2. The lowest BCUT2D eigenvalue weighted by Gasteiger charge is -2.14. The number of nitrogens with one attached hydrogen (secondary N) is 1. The first-order valence-electron chi connectivity index (χ1n) is 6.49. The van der Waals surface area contributed by atoms with Crippen LogP contribution in [-0.2, 0) is 4.79 Å². The van der Waals surface area contributed by atoms with Crippen molar-refractivity contribution in [1.82, 2.24) is 0 Å². The molecule has 0 saturated heterocycles. The average molecular weight is 401 g/mol. The second-order valence-electron chi connectivity index (χ2n) is 4.64. The maximum Gasteiger partial charge on any atom is 0.221 e. The lowest BCUT2D eigenvalue weighted by Crippen LogP contribution is -2.13. The van der Waals surface area contributed by atoms with E-state index in [4.69, 9.17) is 16.3 Å². The Morgan fingerprint density at radius 1 is 1.26 bits per heavy atom. The van der Waals surface area contributed by atoms with Crippen molar-refractivity contribution in [1.29, 1.82) is 0 Å². The molecule has 7 heteroatoms. The molecule has 2 aromatic carbocycles. The van der Waals surface area contributed by atoms with Gasteiger partial charge in [-0.2, -0.15) is 0 Å². The van der Waals surface area contributed by atoms with Crippen LogP contribution in [0.4, 0.5) is 10.1 Å². The van der Waals surface area contributed by atoms with E-state index >= 15 is 0 Å². The fourth-order valence-corrected chi connectivity index (χ4v) is 2.76. The molecular weight excluding hydrogens is 389 g/mol. The highest BCUT2D eigenvalue weighted by Crippen LogP contribution is 2.33. The fraction of sp³-hybridized carbons (Fsp3) is 0.125. The molecule has 0 bridgehead atoms. The summed E-state index contributed by atoms with van der Waals surface area (Å²) in [5, 5.41) is 2.85. The molecule has 120 valence electrons. The Morgan fingerprint density at radius 2 is 1.96 bits per heavy atom. The number of carbonyl (C=O) groups excluding carboxylic acids is 2. The summed E-state index contributed by atoms with van der Waals surface area (Å²) in [6.07, 6.45) is 0. The Balaban J connectivity index is 2.65. The van der Waals surface area contributed by atoms with E-state index in [0.29, 0.717) is 10.8 Å². The molecule has 0 fully saturated rings. The molecule has 0 aliphatic carbocycles. The van der Waals surface area contributed by atoms with E-state index < -0.39 is 11.6 Å². The first-order chi connectivity index (χ1) is 10.8. The second-order valence-corrected chi connectivity index (χ2v) is 5.87. The van der Waals surface area contributed by atoms with Gasteiger partial charge in [0, 0.05) is 11.9 Å². The molecule has 1 amide bonds. The molecule has 2 aromatic rings. The zero-order valence-corrected chi connectivity index (χ0v) is 14.6. The quantitative estimate of drug-likeness (QED) is 0.772. The zero-order chi connectivity index (χ0) is 17.1. The van der Waals surface area contributed by atoms with E-state index in [1.807, 2.05) is 0 Å². The van der Waals surface area contributed by atoms with Crippen LogP contribution in [0.5, 0.6) is 5.75 Å². The summed E-state index contributed by atoms with van der Waals surface area (Å²) in [4.78, 5) is 24.2. The number of ketones is 1. The Bertz CT molecular complexity index is 795. The standard InChI is InChI=1S/C16H12BrClFNO3/c1-8(21)20-12-5-4-11(19)15(17)14(12)16(22)10-7-9(18)3-6-13(10)23-2/h3-7H,1-2H3,(H,20,21). The van der Waals surface area contributed by atoms with Crippen molar-refractivity contribution < 1.29 is 18.7 Å². The van der Waals surface area contributed by atoms with Gasteiger partial charge >= 0.3 is 0 Å². The Kier molecular flexibility index (Phi) is 5.38. The topological polar surface area (TPSA) is 55.4 Å². The lowest BCUT2D eigenvalue weighted by atomic mass is 10.0. The molecule has 0 aliphatic rings. The fourth-order valence-electron chi connectivity index (χ4n) is 2.06. The Morgan fingerprint density at radius 3 is 2.57 bits per heavy atom. The van der Waals surface area contributed by atoms with E-state index in [2.05, 4.69) is 21.2 Å². The van der Waals surface area contributed by atoms with Crippen LogP contribution in [0.3, 0.4) is 0 Å². The second kappa shape index (κ2) is 7.10. The van der Waals surface area contributed by atoms with Gasteiger partial charge in [0.1, 0.15) is 11.6 Å². The first-order valence-corrected chi connectivity index (χ1v) is 7.66. The predicted octanol–water partition coefficient (Wildman–Crippen LogP) is 4.44. The number of halogens is 3. The molecule has 0 aromatic heterocycles. The van der Waals surface area contributed by atoms with Crippen LogP contribution in [0.15, 0.2) is 34.8 Å². The number of amides is 1. The minimum absolute atomic E-state index is 0.0132. The van der Waals surface area contributed by atoms with Crippen molar-refractivity contribution in [3.8, 4) is 5.75 Å². The van der Waals surface area contributed by atoms with Crippen LogP contribution in [0, 0.1) is 5.82 Å². The summed E-state index contributed by atoms with van der Waals surface area (Å²) in [5.41, 5.74) is 0.344. The highest BCUT2D eigenvalue weighted by atomic mass is 79.9. The molecule has 0 saturated carbocycles. The monoisotopic (exact) mass is 399 g/mol. The van der Waals surface area contributed by atoms with Gasteiger partial charge in [-0.25, -0.2) is 4.39 Å². The van der Waals surface area contributed by atoms with Gasteiger partial charge in [0.05, 0.1) is 28.4 Å². The number of hydrogen-bond acceptors (Lipinski definition) is 3. The van der Waals surface area contributed by atoms with Crippen LogP contribution in [-0.4, -0.2) is 18.8 Å². The van der Waals surface area contributed by atoms with Gasteiger partial charge < -0.3 is 10.1 Å². The number of hydrogen-bond donors (Lipinski definition) is 1. The van der Waals surface area contributed by atoms with Crippen molar-refractivity contribution in [2.75, 3.05) is 12.4 Å². The van der Waals surface area contributed by atoms with Crippen LogP contribution in [0.2, 0.25) is 5.02 Å². The van der Waals surface area contributed by atoms with E-state index in [0.717, 1.165) is 6.07 Å². The van der Waals surface area contributed by atoms with E-state index in [1.54, 1.807) is 12.1 Å². The number of rotatable bonds is 4. The van der Waals surface area contributed by atoms with Gasteiger partial charge in [-0.15, -0.1) is 0 Å². The van der Waals surface area contributed by atoms with Crippen molar-refractivity contribution in [2.24, 2.45) is 0 Å². The van der Waals surface area contributed by atoms with Crippen LogP contribution in [0.25, 0.3) is 0 Å². The molecule has 0 atom stereocenters. The Labute approximate surface area is 145 Å². The molecule has 0 aliphatic heterocycles. The average Bonchev–Trinajstić information content (AvgIpc) is 2.50. The van der Waals surface area contributed by atoms with E-state index in [1.165, 1.54) is 26.2 Å². The molecule has 0 spiro atoms. The highest BCUT2D eigenvalue weighted by molar-refractivity contribution is 9.10. The molecular formula is C16H12BrClFNO3. The van der Waals surface area contributed by atoms with Crippen molar-refractivity contribution in [3.63, 3.8) is 0 Å².